The Kier molecular flexibility index (Phi) is 6.74. The lowest BCUT2D eigenvalue weighted by Crippen LogP contribution is -2.29. The van der Waals surface area contributed by atoms with E-state index in [2.05, 4.69) is 4.98 Å². The van der Waals surface area contributed by atoms with E-state index < -0.39 is 23.4 Å². The number of methoxy groups -OCH3 is 1. The fraction of sp³-hybridized carbons (Fsp3) is 0.200. The number of fused-ring (bicyclic) bond motifs is 1. The number of thiazole rings is 1. The molecule has 0 aliphatic heterocycles. The van der Waals surface area contributed by atoms with Gasteiger partial charge in [0.2, 0.25) is 0 Å². The summed E-state index contributed by atoms with van der Waals surface area (Å²) in [6, 6.07) is 12.9. The maximum absolute atomic E-state index is 14.6. The van der Waals surface area contributed by atoms with Crippen molar-refractivity contribution in [2.75, 3.05) is 18.6 Å². The van der Waals surface area contributed by atoms with Crippen LogP contribution in [-0.2, 0) is 6.42 Å². The zero-order chi connectivity index (χ0) is 24.4. The third kappa shape index (κ3) is 4.70. The molecule has 1 aromatic heterocycles. The van der Waals surface area contributed by atoms with Crippen molar-refractivity contribution in [3.63, 3.8) is 0 Å². The second-order valence-corrected chi connectivity index (χ2v) is 8.68. The number of anilines is 1. The van der Waals surface area contributed by atoms with Gasteiger partial charge in [-0.3, -0.25) is 0 Å². The number of aromatic carboxylic acids is 1. The normalized spacial score (nSPS) is 12.0. The Balaban J connectivity index is 1.70. The summed E-state index contributed by atoms with van der Waals surface area (Å²) in [5, 5.41) is 9.66. The van der Waals surface area contributed by atoms with E-state index in [1.54, 1.807) is 24.3 Å². The average molecular weight is 487 g/mol. The number of aromatic nitrogens is 1. The number of halogens is 3. The third-order valence-electron chi connectivity index (χ3n) is 5.66. The highest BCUT2D eigenvalue weighted by Gasteiger charge is 2.23. The Bertz CT molecular complexity index is 1320. The van der Waals surface area contributed by atoms with Crippen LogP contribution in [0.4, 0.5) is 18.3 Å². The van der Waals surface area contributed by atoms with Gasteiger partial charge in [0.15, 0.2) is 5.13 Å². The van der Waals surface area contributed by atoms with Gasteiger partial charge in [-0.2, -0.15) is 0 Å². The van der Waals surface area contributed by atoms with E-state index in [4.69, 9.17) is 4.74 Å². The second-order valence-electron chi connectivity index (χ2n) is 7.70. The van der Waals surface area contributed by atoms with Crippen LogP contribution in [0.5, 0.6) is 5.75 Å². The number of carboxylic acid groups (broad SMARTS) is 1. The predicted molar refractivity (Wildman–Crippen MR) is 125 cm³/mol. The van der Waals surface area contributed by atoms with Gasteiger partial charge >= 0.3 is 5.97 Å². The van der Waals surface area contributed by atoms with Gasteiger partial charge in [0.1, 0.15) is 23.2 Å². The third-order valence-corrected chi connectivity index (χ3v) is 6.78. The number of hydrogen-bond acceptors (Lipinski definition) is 5. The number of hydrogen-bond donors (Lipinski definition) is 1. The van der Waals surface area contributed by atoms with Gasteiger partial charge in [0.05, 0.1) is 28.9 Å². The van der Waals surface area contributed by atoms with Crippen molar-refractivity contribution in [3.8, 4) is 5.75 Å². The van der Waals surface area contributed by atoms with E-state index in [-0.39, 0.29) is 35.9 Å². The lowest BCUT2D eigenvalue weighted by Gasteiger charge is -2.29. The molecule has 5 nitrogen and oxygen atoms in total. The van der Waals surface area contributed by atoms with Crippen molar-refractivity contribution >= 4 is 32.7 Å². The zero-order valence-corrected chi connectivity index (χ0v) is 19.2. The highest BCUT2D eigenvalue weighted by atomic mass is 32.1. The van der Waals surface area contributed by atoms with Crippen LogP contribution in [0.3, 0.4) is 0 Å². The Morgan fingerprint density at radius 1 is 1.09 bits per heavy atom. The maximum atomic E-state index is 14.6. The first-order chi connectivity index (χ1) is 16.3. The number of carbonyl (C=O) groups is 1. The molecule has 1 heterocycles. The molecule has 0 bridgehead atoms. The molecule has 176 valence electrons. The quantitative estimate of drug-likeness (QED) is 0.320. The summed E-state index contributed by atoms with van der Waals surface area (Å²) in [4.78, 5) is 17.6. The Morgan fingerprint density at radius 3 is 2.35 bits per heavy atom. The molecule has 3 aromatic carbocycles. The summed E-state index contributed by atoms with van der Waals surface area (Å²) in [7, 11) is 1.33. The van der Waals surface area contributed by atoms with Crippen molar-refractivity contribution in [3.05, 3.63) is 88.7 Å². The molecule has 0 saturated heterocycles. The van der Waals surface area contributed by atoms with Crippen LogP contribution >= 0.6 is 11.3 Å². The van der Waals surface area contributed by atoms with Crippen LogP contribution in [0, 0.1) is 17.5 Å². The van der Waals surface area contributed by atoms with E-state index >= 15 is 0 Å². The SMILES string of the molecule is COc1cc(F)c(CCN(c2nc3cccc(F)c3s2)C(C)c2ccc(C(=O)O)cc2)c(F)c1. The van der Waals surface area contributed by atoms with Crippen LogP contribution in [0.15, 0.2) is 54.6 Å². The fourth-order valence-electron chi connectivity index (χ4n) is 3.73. The monoisotopic (exact) mass is 486 g/mol. The minimum Gasteiger partial charge on any atom is -0.497 e. The minimum absolute atomic E-state index is 0.0254. The highest BCUT2D eigenvalue weighted by Crippen LogP contribution is 2.35. The van der Waals surface area contributed by atoms with Gasteiger partial charge in [0, 0.05) is 24.2 Å². The molecule has 4 rings (SSSR count). The molecule has 0 saturated carbocycles. The van der Waals surface area contributed by atoms with Gasteiger partial charge in [0.25, 0.3) is 0 Å². The molecule has 1 atom stereocenters. The number of nitrogens with zero attached hydrogens (tertiary/aromatic N) is 2. The second kappa shape index (κ2) is 9.72. The summed E-state index contributed by atoms with van der Waals surface area (Å²) >= 11 is 1.15. The molecular formula is C25H21F3N2O3S. The summed E-state index contributed by atoms with van der Waals surface area (Å²) in [5.74, 6) is -2.78. The molecular weight excluding hydrogens is 465 g/mol. The first-order valence-corrected chi connectivity index (χ1v) is 11.3. The first kappa shape index (κ1) is 23.6. The number of rotatable bonds is 8. The van der Waals surface area contributed by atoms with E-state index in [0.29, 0.717) is 15.3 Å². The van der Waals surface area contributed by atoms with Gasteiger partial charge in [-0.05, 0) is 43.2 Å². The van der Waals surface area contributed by atoms with Crippen molar-refractivity contribution < 1.29 is 27.8 Å². The smallest absolute Gasteiger partial charge is 0.335 e. The minimum atomic E-state index is -1.04. The molecule has 0 amide bonds. The highest BCUT2D eigenvalue weighted by molar-refractivity contribution is 7.22. The molecule has 9 heteroatoms. The molecule has 1 unspecified atom stereocenters. The van der Waals surface area contributed by atoms with Crippen LogP contribution in [0.1, 0.15) is 34.5 Å². The maximum Gasteiger partial charge on any atom is 0.335 e. The van der Waals surface area contributed by atoms with E-state index in [0.717, 1.165) is 29.0 Å². The van der Waals surface area contributed by atoms with Crippen LogP contribution < -0.4 is 9.64 Å². The largest absolute Gasteiger partial charge is 0.497 e. The van der Waals surface area contributed by atoms with Gasteiger partial charge in [-0.15, -0.1) is 0 Å². The molecule has 1 N–H and O–H groups in total. The Morgan fingerprint density at radius 2 is 1.76 bits per heavy atom. The molecule has 0 aliphatic carbocycles. The Hall–Kier alpha value is -3.59. The molecule has 4 aromatic rings. The van der Waals surface area contributed by atoms with E-state index in [1.807, 2.05) is 11.8 Å². The van der Waals surface area contributed by atoms with Crippen molar-refractivity contribution in [2.45, 2.75) is 19.4 Å². The predicted octanol–water partition coefficient (Wildman–Crippen LogP) is 6.23. The molecule has 0 radical (unpaired) electrons. The molecule has 0 spiro atoms. The lowest BCUT2D eigenvalue weighted by atomic mass is 10.0. The average Bonchev–Trinajstić information content (AvgIpc) is 3.25. The number of carboxylic acids is 1. The van der Waals surface area contributed by atoms with Gasteiger partial charge in [-0.1, -0.05) is 29.5 Å². The summed E-state index contributed by atoms with van der Waals surface area (Å²) < 4.78 is 48.7. The van der Waals surface area contributed by atoms with Crippen molar-refractivity contribution in [2.24, 2.45) is 0 Å². The molecule has 34 heavy (non-hydrogen) atoms. The molecule has 0 fully saturated rings. The van der Waals surface area contributed by atoms with Crippen LogP contribution in [-0.4, -0.2) is 29.7 Å². The standard InChI is InChI=1S/C25H21F3N2O3S/c1-14(15-6-8-16(9-7-15)24(31)32)30(25-29-22-5-3-4-19(26)23(22)34-25)11-10-18-20(27)12-17(33-2)13-21(18)28/h3-9,12-14H,10-11H2,1-2H3,(H,31,32). The van der Waals surface area contributed by atoms with E-state index in [9.17, 15) is 23.1 Å². The van der Waals surface area contributed by atoms with Gasteiger partial charge < -0.3 is 14.7 Å². The zero-order valence-electron chi connectivity index (χ0n) is 18.4. The topological polar surface area (TPSA) is 62.7 Å². The summed E-state index contributed by atoms with van der Waals surface area (Å²) in [6.45, 7) is 2.06. The van der Waals surface area contributed by atoms with E-state index in [1.165, 1.54) is 25.3 Å². The lowest BCUT2D eigenvalue weighted by molar-refractivity contribution is 0.0697. The van der Waals surface area contributed by atoms with Crippen LogP contribution in [0.25, 0.3) is 10.2 Å². The molecule has 0 aliphatic rings. The Labute approximate surface area is 198 Å². The summed E-state index contributed by atoms with van der Waals surface area (Å²) in [6.07, 6.45) is 0.0254. The van der Waals surface area contributed by atoms with Crippen LogP contribution in [0.2, 0.25) is 0 Å². The first-order valence-electron chi connectivity index (χ1n) is 10.5. The summed E-state index contributed by atoms with van der Waals surface area (Å²) in [5.41, 5.74) is 1.32. The van der Waals surface area contributed by atoms with Crippen molar-refractivity contribution in [1.29, 1.82) is 0 Å². The van der Waals surface area contributed by atoms with Crippen molar-refractivity contribution in [1.82, 2.24) is 4.98 Å². The number of ether oxygens (including phenoxy) is 1. The number of benzene rings is 3. The fourth-order valence-corrected chi connectivity index (χ4v) is 4.81. The van der Waals surface area contributed by atoms with Gasteiger partial charge in [-0.25, -0.2) is 22.9 Å².